The summed E-state index contributed by atoms with van der Waals surface area (Å²) in [6, 6.07) is 17.3. The highest BCUT2D eigenvalue weighted by Crippen LogP contribution is 2.33. The minimum Gasteiger partial charge on any atom is -0.335 e. The van der Waals surface area contributed by atoms with Gasteiger partial charge in [-0.2, -0.15) is 0 Å². The van der Waals surface area contributed by atoms with Gasteiger partial charge in [-0.3, -0.25) is 0 Å². The Hall–Kier alpha value is -1.76. The van der Waals surface area contributed by atoms with E-state index in [2.05, 4.69) is 73.9 Å². The second kappa shape index (κ2) is 7.31. The summed E-state index contributed by atoms with van der Waals surface area (Å²) in [5.74, 6) is 0. The molecule has 1 heterocycles. The van der Waals surface area contributed by atoms with Gasteiger partial charge in [-0.1, -0.05) is 64.1 Å². The molecule has 0 bridgehead atoms. The van der Waals surface area contributed by atoms with Crippen LogP contribution in [0.4, 0.5) is 0 Å². The minimum atomic E-state index is 0.0999. The summed E-state index contributed by atoms with van der Waals surface area (Å²) in [6.07, 6.45) is 0. The van der Waals surface area contributed by atoms with E-state index >= 15 is 0 Å². The van der Waals surface area contributed by atoms with Gasteiger partial charge in [0.25, 0.3) is 0 Å². The van der Waals surface area contributed by atoms with Crippen molar-refractivity contribution in [3.63, 3.8) is 0 Å². The molecule has 0 saturated heterocycles. The molecule has 21 heavy (non-hydrogen) atoms. The number of fused-ring (bicyclic) bond motifs is 3. The van der Waals surface area contributed by atoms with Crippen LogP contribution in [0.15, 0.2) is 48.5 Å². The van der Waals surface area contributed by atoms with Crippen molar-refractivity contribution in [1.82, 2.24) is 4.57 Å². The predicted octanol–water partition coefficient (Wildman–Crippen LogP) is 6.60. The zero-order valence-corrected chi connectivity index (χ0v) is 14.6. The topological polar surface area (TPSA) is 4.93 Å². The lowest BCUT2D eigenvalue weighted by Gasteiger charge is -2.24. The predicted molar refractivity (Wildman–Crippen MR) is 97.1 cm³/mol. The van der Waals surface area contributed by atoms with Gasteiger partial charge in [0.1, 0.15) is 0 Å². The number of para-hydroxylation sites is 2. The smallest absolute Gasteiger partial charge is 0.0496 e. The lowest BCUT2D eigenvalue weighted by atomic mass is 10.1. The summed E-state index contributed by atoms with van der Waals surface area (Å²) in [5.41, 5.74) is 2.74. The van der Waals surface area contributed by atoms with E-state index in [1.54, 1.807) is 0 Å². The van der Waals surface area contributed by atoms with E-state index < -0.39 is 0 Å². The standard InChI is InChI=1S/C16H17N.2C2H6/c1-16(2,3)17-14-10-6-4-8-12(14)13-9-5-7-11-15(13)17;2*1-2/h4-11H,1-3H3;2*1-2H3. The van der Waals surface area contributed by atoms with Crippen LogP contribution in [-0.4, -0.2) is 4.57 Å². The highest BCUT2D eigenvalue weighted by atomic mass is 15.0. The summed E-state index contributed by atoms with van der Waals surface area (Å²) in [5, 5.41) is 2.69. The first-order chi connectivity index (χ1) is 10.1. The van der Waals surface area contributed by atoms with Crippen molar-refractivity contribution < 1.29 is 0 Å². The van der Waals surface area contributed by atoms with Gasteiger partial charge < -0.3 is 4.57 Å². The maximum Gasteiger partial charge on any atom is 0.0496 e. The van der Waals surface area contributed by atoms with E-state index in [9.17, 15) is 0 Å². The zero-order valence-electron chi connectivity index (χ0n) is 14.6. The Morgan fingerprint density at radius 1 is 0.619 bits per heavy atom. The number of rotatable bonds is 0. The highest BCUT2D eigenvalue weighted by Gasteiger charge is 2.19. The normalized spacial score (nSPS) is 10.6. The third kappa shape index (κ3) is 3.29. The molecule has 0 aliphatic carbocycles. The van der Waals surface area contributed by atoms with Gasteiger partial charge in [-0.05, 0) is 32.9 Å². The van der Waals surface area contributed by atoms with Gasteiger partial charge in [-0.25, -0.2) is 0 Å². The summed E-state index contributed by atoms with van der Waals surface area (Å²) in [6.45, 7) is 14.8. The average molecular weight is 283 g/mol. The van der Waals surface area contributed by atoms with E-state index in [-0.39, 0.29) is 5.54 Å². The first-order valence-electron chi connectivity index (χ1n) is 8.08. The number of aromatic nitrogens is 1. The van der Waals surface area contributed by atoms with Gasteiger partial charge in [0, 0.05) is 27.3 Å². The molecule has 0 saturated carbocycles. The van der Waals surface area contributed by atoms with Crippen LogP contribution in [0.3, 0.4) is 0 Å². The monoisotopic (exact) mass is 283 g/mol. The van der Waals surface area contributed by atoms with Crippen molar-refractivity contribution in [2.75, 3.05) is 0 Å². The molecule has 2 aromatic carbocycles. The van der Waals surface area contributed by atoms with Crippen molar-refractivity contribution in [1.29, 1.82) is 0 Å². The fourth-order valence-corrected chi connectivity index (χ4v) is 2.65. The van der Waals surface area contributed by atoms with E-state index in [4.69, 9.17) is 0 Å². The maximum absolute atomic E-state index is 2.43. The summed E-state index contributed by atoms with van der Waals surface area (Å²) >= 11 is 0. The fraction of sp³-hybridized carbons (Fsp3) is 0.400. The molecule has 3 rings (SSSR count). The first kappa shape index (κ1) is 17.3. The van der Waals surface area contributed by atoms with Crippen molar-refractivity contribution in [3.05, 3.63) is 48.5 Å². The van der Waals surface area contributed by atoms with Crippen LogP contribution in [0.2, 0.25) is 0 Å². The minimum absolute atomic E-state index is 0.0999. The molecule has 114 valence electrons. The van der Waals surface area contributed by atoms with Crippen molar-refractivity contribution in [3.8, 4) is 0 Å². The lowest BCUT2D eigenvalue weighted by molar-refractivity contribution is 0.423. The Bertz CT molecular complexity index is 630. The Morgan fingerprint density at radius 2 is 0.952 bits per heavy atom. The molecule has 0 spiro atoms. The molecule has 3 aromatic rings. The Labute approximate surface area is 129 Å². The van der Waals surface area contributed by atoms with E-state index in [1.165, 1.54) is 21.8 Å². The molecular formula is C20H29N. The van der Waals surface area contributed by atoms with E-state index in [1.807, 2.05) is 27.7 Å². The average Bonchev–Trinajstić information content (AvgIpc) is 2.86. The molecule has 1 heteroatoms. The molecule has 0 unspecified atom stereocenters. The summed E-state index contributed by atoms with van der Waals surface area (Å²) in [4.78, 5) is 0. The quantitative estimate of drug-likeness (QED) is 0.438. The van der Waals surface area contributed by atoms with Gasteiger partial charge in [0.2, 0.25) is 0 Å². The SMILES string of the molecule is CC.CC.CC(C)(C)n1c2ccccc2c2ccccc21. The van der Waals surface area contributed by atoms with E-state index in [0.29, 0.717) is 0 Å². The van der Waals surface area contributed by atoms with E-state index in [0.717, 1.165) is 0 Å². The molecule has 0 aliphatic heterocycles. The molecule has 0 aliphatic rings. The van der Waals surface area contributed by atoms with Crippen LogP contribution in [0.1, 0.15) is 48.5 Å². The number of hydrogen-bond donors (Lipinski definition) is 0. The first-order valence-corrected chi connectivity index (χ1v) is 8.08. The molecule has 0 N–H and O–H groups in total. The molecule has 0 atom stereocenters. The summed E-state index contributed by atoms with van der Waals surface area (Å²) < 4.78 is 2.43. The molecule has 0 radical (unpaired) electrons. The molecule has 1 nitrogen and oxygen atoms in total. The Balaban J connectivity index is 0.000000510. The number of hydrogen-bond acceptors (Lipinski definition) is 0. The van der Waals surface area contributed by atoms with Crippen molar-refractivity contribution >= 4 is 21.8 Å². The number of nitrogens with zero attached hydrogens (tertiary/aromatic N) is 1. The van der Waals surface area contributed by atoms with Gasteiger partial charge in [0.15, 0.2) is 0 Å². The van der Waals surface area contributed by atoms with Crippen LogP contribution in [0.5, 0.6) is 0 Å². The Kier molecular flexibility index (Phi) is 6.02. The molecular weight excluding hydrogens is 254 g/mol. The number of benzene rings is 2. The Morgan fingerprint density at radius 3 is 1.29 bits per heavy atom. The van der Waals surface area contributed by atoms with Crippen molar-refractivity contribution in [2.45, 2.75) is 54.0 Å². The van der Waals surface area contributed by atoms with Crippen LogP contribution in [0, 0.1) is 0 Å². The van der Waals surface area contributed by atoms with Gasteiger partial charge in [0.05, 0.1) is 0 Å². The summed E-state index contributed by atoms with van der Waals surface area (Å²) in [7, 11) is 0. The highest BCUT2D eigenvalue weighted by molar-refractivity contribution is 6.08. The lowest BCUT2D eigenvalue weighted by Crippen LogP contribution is -2.21. The van der Waals surface area contributed by atoms with Crippen LogP contribution < -0.4 is 0 Å². The van der Waals surface area contributed by atoms with Gasteiger partial charge in [-0.15, -0.1) is 0 Å². The fourth-order valence-electron chi connectivity index (χ4n) is 2.65. The third-order valence-corrected chi connectivity index (χ3v) is 3.25. The van der Waals surface area contributed by atoms with Gasteiger partial charge >= 0.3 is 0 Å². The maximum atomic E-state index is 2.43. The molecule has 0 amide bonds. The van der Waals surface area contributed by atoms with Crippen LogP contribution in [-0.2, 0) is 5.54 Å². The van der Waals surface area contributed by atoms with Crippen molar-refractivity contribution in [2.24, 2.45) is 0 Å². The van der Waals surface area contributed by atoms with Crippen LogP contribution in [0.25, 0.3) is 21.8 Å². The van der Waals surface area contributed by atoms with Crippen LogP contribution >= 0.6 is 0 Å². The second-order valence-electron chi connectivity index (χ2n) is 5.54. The molecule has 1 aromatic heterocycles. The second-order valence-corrected chi connectivity index (χ2v) is 5.54. The largest absolute Gasteiger partial charge is 0.335 e. The molecule has 0 fully saturated rings. The third-order valence-electron chi connectivity index (χ3n) is 3.25. The zero-order chi connectivity index (χ0) is 16.0.